The number of piperidine rings is 2. The summed E-state index contributed by atoms with van der Waals surface area (Å²) < 4.78 is 0. The number of hydroxylamine groups is 4. The summed E-state index contributed by atoms with van der Waals surface area (Å²) in [4.78, 5) is 39.4. The fourth-order valence-corrected chi connectivity index (χ4v) is 11.4. The van der Waals surface area contributed by atoms with Gasteiger partial charge in [0.1, 0.15) is 0 Å². The van der Waals surface area contributed by atoms with Crippen LogP contribution in [0.25, 0.3) is 0 Å². The second-order valence-electron chi connectivity index (χ2n) is 20.3. The van der Waals surface area contributed by atoms with Gasteiger partial charge in [-0.3, -0.25) is 19.3 Å². The van der Waals surface area contributed by atoms with Gasteiger partial charge in [0.15, 0.2) is 0 Å². The lowest BCUT2D eigenvalue weighted by molar-refractivity contribution is -0.354. The summed E-state index contributed by atoms with van der Waals surface area (Å²) in [6, 6.07) is 0. The summed E-state index contributed by atoms with van der Waals surface area (Å²) in [5, 5.41) is 25.4. The van der Waals surface area contributed by atoms with Gasteiger partial charge in [-0.25, -0.2) is 0 Å². The Hall–Kier alpha value is -1.22. The third-order valence-corrected chi connectivity index (χ3v) is 13.5. The van der Waals surface area contributed by atoms with Gasteiger partial charge in [0, 0.05) is 28.6 Å². The van der Waals surface area contributed by atoms with Gasteiger partial charge in [-0.1, -0.05) is 64.2 Å². The van der Waals surface area contributed by atoms with Gasteiger partial charge in [-0.2, -0.15) is 10.1 Å². The zero-order valence-corrected chi connectivity index (χ0v) is 33.9. The van der Waals surface area contributed by atoms with Crippen LogP contribution in [0, 0.1) is 17.3 Å². The molecule has 8 heteroatoms. The number of aliphatic carboxylic acids is 2. The van der Waals surface area contributed by atoms with Crippen molar-refractivity contribution in [3.05, 3.63) is 0 Å². The van der Waals surface area contributed by atoms with E-state index in [0.29, 0.717) is 12.8 Å². The second-order valence-corrected chi connectivity index (χ2v) is 20.3. The largest absolute Gasteiger partial charge is 0.481 e. The molecule has 2 saturated carbocycles. The van der Waals surface area contributed by atoms with E-state index >= 15 is 0 Å². The van der Waals surface area contributed by atoms with E-state index in [9.17, 15) is 14.7 Å². The quantitative estimate of drug-likeness (QED) is 0.163. The van der Waals surface area contributed by atoms with E-state index in [1.54, 1.807) is 0 Å². The summed E-state index contributed by atoms with van der Waals surface area (Å²) in [7, 11) is 0. The molecule has 0 aromatic heterocycles. The number of nitrogens with zero attached hydrogens (tertiary/aromatic N) is 2. The van der Waals surface area contributed by atoms with Crippen molar-refractivity contribution >= 4 is 11.9 Å². The number of rotatable bonds is 15. The average molecular weight is 705 g/mol. The van der Waals surface area contributed by atoms with Crippen LogP contribution in [0.3, 0.4) is 0 Å². The number of carbonyl (C=O) groups is 2. The highest BCUT2D eigenvalue weighted by Gasteiger charge is 2.62. The van der Waals surface area contributed by atoms with Gasteiger partial charge in [-0.05, 0) is 145 Å². The molecule has 0 amide bonds. The fraction of sp³-hybridized carbons (Fsp3) is 0.952. The Labute approximate surface area is 305 Å². The van der Waals surface area contributed by atoms with Crippen molar-refractivity contribution in [1.29, 1.82) is 0 Å². The SMILES string of the molecule is CC1(ON2C(C)(C)CC(C(CCCCCCCC(=O)O)(C(=O)O)C3CC(C)(C)N(OC4(C)CCCCC4)C(C)(C)C3)CC2(C)C)CCCCC1. The molecule has 2 heterocycles. The molecule has 8 nitrogen and oxygen atoms in total. The molecule has 2 aliphatic heterocycles. The van der Waals surface area contributed by atoms with Crippen molar-refractivity contribution in [2.24, 2.45) is 17.3 Å². The van der Waals surface area contributed by atoms with Gasteiger partial charge in [0.05, 0.1) is 16.6 Å². The Morgan fingerprint density at radius 2 is 0.900 bits per heavy atom. The van der Waals surface area contributed by atoms with E-state index in [4.69, 9.17) is 14.8 Å². The van der Waals surface area contributed by atoms with Crippen molar-refractivity contribution in [2.45, 2.75) is 237 Å². The lowest BCUT2D eigenvalue weighted by Crippen LogP contribution is -2.68. The molecule has 0 unspecified atom stereocenters. The van der Waals surface area contributed by atoms with Crippen LogP contribution >= 0.6 is 0 Å². The molecule has 0 bridgehead atoms. The highest BCUT2D eigenvalue weighted by Crippen LogP contribution is 2.59. The smallest absolute Gasteiger partial charge is 0.310 e. The van der Waals surface area contributed by atoms with Gasteiger partial charge in [-0.15, -0.1) is 0 Å². The molecule has 0 atom stereocenters. The molecule has 0 radical (unpaired) electrons. The van der Waals surface area contributed by atoms with Crippen LogP contribution in [-0.4, -0.2) is 65.6 Å². The first-order valence-electron chi connectivity index (χ1n) is 20.5. The third kappa shape index (κ3) is 9.46. The van der Waals surface area contributed by atoms with E-state index in [0.717, 1.165) is 77.0 Å². The van der Waals surface area contributed by atoms with Crippen LogP contribution in [0.2, 0.25) is 0 Å². The summed E-state index contributed by atoms with van der Waals surface area (Å²) in [6.07, 6.45) is 19.7. The van der Waals surface area contributed by atoms with Gasteiger partial charge >= 0.3 is 11.9 Å². The number of hydrogen-bond donors (Lipinski definition) is 2. The minimum atomic E-state index is -0.897. The lowest BCUT2D eigenvalue weighted by atomic mass is 9.52. The van der Waals surface area contributed by atoms with E-state index in [1.165, 1.54) is 38.5 Å². The molecule has 2 N–H and O–H groups in total. The van der Waals surface area contributed by atoms with Crippen LogP contribution in [0.4, 0.5) is 0 Å². The molecule has 4 fully saturated rings. The molecule has 290 valence electrons. The van der Waals surface area contributed by atoms with E-state index in [-0.39, 0.29) is 51.6 Å². The third-order valence-electron chi connectivity index (χ3n) is 13.5. The summed E-state index contributed by atoms with van der Waals surface area (Å²) in [5.74, 6) is -1.42. The Kier molecular flexibility index (Phi) is 13.0. The number of hydrogen-bond acceptors (Lipinski definition) is 6. The molecule has 2 aliphatic carbocycles. The number of carboxylic acid groups (broad SMARTS) is 2. The minimum Gasteiger partial charge on any atom is -0.481 e. The summed E-state index contributed by atoms with van der Waals surface area (Å²) in [6.45, 7) is 22.7. The topological polar surface area (TPSA) is 99.5 Å². The standard InChI is InChI=1S/C42H76N2O6/c1-36(2)28-32(29-37(3,4)43(36)49-40(9)23-17-14-18-24-40)42(35(47)48,27-21-13-11-12-16-22-34(45)46)33-30-38(5,6)44(39(7,8)31-33)50-41(10)25-19-15-20-26-41/h32-33H,11-31H2,1-10H3,(H,45,46)(H,47,48). The van der Waals surface area contributed by atoms with Crippen molar-refractivity contribution in [2.75, 3.05) is 0 Å². The van der Waals surface area contributed by atoms with E-state index in [2.05, 4.69) is 79.4 Å². The number of unbranched alkanes of at least 4 members (excludes halogenated alkanes) is 4. The Bertz CT molecular complexity index is 1050. The maximum absolute atomic E-state index is 14.2. The van der Waals surface area contributed by atoms with Gasteiger partial charge in [0.25, 0.3) is 0 Å². The Morgan fingerprint density at radius 1 is 0.560 bits per heavy atom. The number of carboxylic acids is 2. The Balaban J connectivity index is 1.66. The molecule has 50 heavy (non-hydrogen) atoms. The zero-order valence-electron chi connectivity index (χ0n) is 33.9. The van der Waals surface area contributed by atoms with Gasteiger partial charge in [0.2, 0.25) is 0 Å². The normalized spacial score (nSPS) is 27.2. The van der Waals surface area contributed by atoms with Crippen molar-refractivity contribution in [3.8, 4) is 0 Å². The zero-order chi connectivity index (χ0) is 37.2. The summed E-state index contributed by atoms with van der Waals surface area (Å²) >= 11 is 0. The average Bonchev–Trinajstić information content (AvgIpc) is 2.98. The monoisotopic (exact) mass is 705 g/mol. The van der Waals surface area contributed by atoms with Crippen LogP contribution in [-0.2, 0) is 19.3 Å². The molecule has 0 aromatic rings. The van der Waals surface area contributed by atoms with E-state index in [1.807, 2.05) is 0 Å². The molecule has 2 saturated heterocycles. The van der Waals surface area contributed by atoms with Crippen LogP contribution < -0.4 is 0 Å². The van der Waals surface area contributed by atoms with Crippen molar-refractivity contribution < 1.29 is 29.5 Å². The molecule has 0 aromatic carbocycles. The molecule has 4 rings (SSSR count). The predicted molar refractivity (Wildman–Crippen MR) is 201 cm³/mol. The van der Waals surface area contributed by atoms with Gasteiger partial charge < -0.3 is 10.2 Å². The predicted octanol–water partition coefficient (Wildman–Crippen LogP) is 10.7. The first-order chi connectivity index (χ1) is 23.1. The molecular formula is C42H76N2O6. The van der Waals surface area contributed by atoms with Crippen LogP contribution in [0.15, 0.2) is 0 Å². The van der Waals surface area contributed by atoms with Crippen LogP contribution in [0.5, 0.6) is 0 Å². The Morgan fingerprint density at radius 3 is 1.24 bits per heavy atom. The molecule has 0 spiro atoms. The first kappa shape index (κ1) is 41.5. The van der Waals surface area contributed by atoms with E-state index < -0.39 is 17.4 Å². The minimum absolute atomic E-state index is 0.0176. The molecule has 4 aliphatic rings. The lowest BCUT2D eigenvalue weighted by Gasteiger charge is -2.63. The first-order valence-corrected chi connectivity index (χ1v) is 20.5. The second kappa shape index (κ2) is 15.6. The highest BCUT2D eigenvalue weighted by atomic mass is 16.7. The maximum atomic E-state index is 14.2. The van der Waals surface area contributed by atoms with Crippen molar-refractivity contribution in [1.82, 2.24) is 10.1 Å². The summed E-state index contributed by atoms with van der Waals surface area (Å²) in [5.41, 5.74) is -2.61. The van der Waals surface area contributed by atoms with Crippen LogP contribution in [0.1, 0.15) is 204 Å². The fourth-order valence-electron chi connectivity index (χ4n) is 11.4. The maximum Gasteiger partial charge on any atom is 0.310 e. The molecular weight excluding hydrogens is 628 g/mol. The highest BCUT2D eigenvalue weighted by molar-refractivity contribution is 5.76. The van der Waals surface area contributed by atoms with Crippen molar-refractivity contribution in [3.63, 3.8) is 0 Å².